The average molecular weight is 388 g/mol. The molecular weight excluding hydrogens is 374 g/mol. The summed E-state index contributed by atoms with van der Waals surface area (Å²) in [4.78, 5) is 12.2. The first-order valence-corrected chi connectivity index (χ1v) is 7.91. The molecule has 0 saturated heterocycles. The first kappa shape index (κ1) is 16.2. The minimum Gasteiger partial charge on any atom is -0.497 e. The van der Waals surface area contributed by atoms with Crippen molar-refractivity contribution in [3.8, 4) is 17.2 Å². The van der Waals surface area contributed by atoms with Gasteiger partial charge in [-0.3, -0.25) is 4.79 Å². The molecule has 0 bridgehead atoms. The quantitative estimate of drug-likeness (QED) is 0.729. The molecule has 3 rings (SSSR count). The van der Waals surface area contributed by atoms with Crippen LogP contribution in [-0.4, -0.2) is 23.2 Å². The summed E-state index contributed by atoms with van der Waals surface area (Å²) in [5, 5.41) is 10.4. The standard InChI is InChI=1S/C17H14BrN3O3/c1-10-6-7-12(9-14(10)18)19-15(22)17-21-20-16(24-17)11-4-3-5-13(8-11)23-2/h3-9H,1-2H3,(H,19,22). The number of carbonyl (C=O) groups excluding carboxylic acids is 1. The van der Waals surface area contributed by atoms with Crippen LogP contribution in [0.2, 0.25) is 0 Å². The van der Waals surface area contributed by atoms with Crippen molar-refractivity contribution in [2.75, 3.05) is 12.4 Å². The third-order valence-corrected chi connectivity index (χ3v) is 4.22. The number of aromatic nitrogens is 2. The minimum absolute atomic E-state index is 0.107. The smallest absolute Gasteiger partial charge is 0.313 e. The normalized spacial score (nSPS) is 10.5. The van der Waals surface area contributed by atoms with Crippen LogP contribution in [-0.2, 0) is 0 Å². The van der Waals surface area contributed by atoms with Gasteiger partial charge < -0.3 is 14.5 Å². The van der Waals surface area contributed by atoms with Gasteiger partial charge in [-0.25, -0.2) is 0 Å². The number of methoxy groups -OCH3 is 1. The summed E-state index contributed by atoms with van der Waals surface area (Å²) in [6, 6.07) is 12.7. The molecule has 0 aliphatic carbocycles. The van der Waals surface area contributed by atoms with Crippen LogP contribution in [0.1, 0.15) is 16.2 Å². The van der Waals surface area contributed by atoms with E-state index in [9.17, 15) is 4.79 Å². The van der Waals surface area contributed by atoms with E-state index >= 15 is 0 Å². The summed E-state index contributed by atoms with van der Waals surface area (Å²) >= 11 is 3.43. The molecule has 0 saturated carbocycles. The van der Waals surface area contributed by atoms with Gasteiger partial charge in [0.1, 0.15) is 5.75 Å². The highest BCUT2D eigenvalue weighted by molar-refractivity contribution is 9.10. The maximum Gasteiger partial charge on any atom is 0.313 e. The Bertz CT molecular complexity index is 892. The average Bonchev–Trinajstić information content (AvgIpc) is 3.08. The second-order valence-electron chi connectivity index (χ2n) is 5.06. The molecule has 0 fully saturated rings. The molecule has 1 N–H and O–H groups in total. The van der Waals surface area contributed by atoms with E-state index in [1.807, 2.05) is 31.2 Å². The number of amides is 1. The van der Waals surface area contributed by atoms with Crippen molar-refractivity contribution in [2.24, 2.45) is 0 Å². The van der Waals surface area contributed by atoms with Crippen molar-refractivity contribution < 1.29 is 13.9 Å². The molecule has 0 aliphatic rings. The molecule has 0 radical (unpaired) electrons. The number of benzene rings is 2. The number of hydrogen-bond acceptors (Lipinski definition) is 5. The highest BCUT2D eigenvalue weighted by Gasteiger charge is 2.16. The lowest BCUT2D eigenvalue weighted by Crippen LogP contribution is -2.12. The van der Waals surface area contributed by atoms with E-state index in [-0.39, 0.29) is 11.8 Å². The van der Waals surface area contributed by atoms with Gasteiger partial charge in [0.15, 0.2) is 0 Å². The number of ether oxygens (including phenoxy) is 1. The highest BCUT2D eigenvalue weighted by atomic mass is 79.9. The maximum absolute atomic E-state index is 12.2. The van der Waals surface area contributed by atoms with Gasteiger partial charge in [-0.15, -0.1) is 10.2 Å². The zero-order valence-corrected chi connectivity index (χ0v) is 14.6. The Morgan fingerprint density at radius 2 is 2.04 bits per heavy atom. The minimum atomic E-state index is -0.465. The number of halogens is 1. The van der Waals surface area contributed by atoms with Crippen molar-refractivity contribution in [3.63, 3.8) is 0 Å². The van der Waals surface area contributed by atoms with Crippen LogP contribution in [0.5, 0.6) is 5.75 Å². The molecule has 0 atom stereocenters. The molecule has 2 aromatic carbocycles. The lowest BCUT2D eigenvalue weighted by Gasteiger charge is -2.04. The van der Waals surface area contributed by atoms with Crippen molar-refractivity contribution in [1.29, 1.82) is 0 Å². The number of aryl methyl sites for hydroxylation is 1. The molecule has 122 valence electrons. The molecule has 0 unspecified atom stereocenters. The van der Waals surface area contributed by atoms with Gasteiger partial charge in [0.25, 0.3) is 0 Å². The second-order valence-corrected chi connectivity index (χ2v) is 5.92. The lowest BCUT2D eigenvalue weighted by molar-refractivity contribution is 0.0991. The number of anilines is 1. The first-order valence-electron chi connectivity index (χ1n) is 7.12. The van der Waals surface area contributed by atoms with Gasteiger partial charge in [0.05, 0.1) is 7.11 Å². The zero-order valence-electron chi connectivity index (χ0n) is 13.0. The first-order chi connectivity index (χ1) is 11.6. The van der Waals surface area contributed by atoms with Crippen LogP contribution in [0.4, 0.5) is 5.69 Å². The van der Waals surface area contributed by atoms with Crippen LogP contribution in [0, 0.1) is 6.92 Å². The maximum atomic E-state index is 12.2. The van der Waals surface area contributed by atoms with E-state index in [4.69, 9.17) is 9.15 Å². The fraction of sp³-hybridized carbons (Fsp3) is 0.118. The van der Waals surface area contributed by atoms with E-state index in [0.29, 0.717) is 17.0 Å². The monoisotopic (exact) mass is 387 g/mol. The largest absolute Gasteiger partial charge is 0.497 e. The molecule has 0 aliphatic heterocycles. The topological polar surface area (TPSA) is 77.2 Å². The molecule has 6 nitrogen and oxygen atoms in total. The van der Waals surface area contributed by atoms with E-state index in [0.717, 1.165) is 10.0 Å². The zero-order chi connectivity index (χ0) is 17.1. The highest BCUT2D eigenvalue weighted by Crippen LogP contribution is 2.24. The Hall–Kier alpha value is -2.67. The molecular formula is C17H14BrN3O3. The Morgan fingerprint density at radius 1 is 1.21 bits per heavy atom. The predicted molar refractivity (Wildman–Crippen MR) is 93.1 cm³/mol. The van der Waals surface area contributed by atoms with Gasteiger partial charge in [-0.05, 0) is 42.8 Å². The molecule has 1 heterocycles. The third-order valence-electron chi connectivity index (χ3n) is 3.37. The van der Waals surface area contributed by atoms with Crippen molar-refractivity contribution in [2.45, 2.75) is 6.92 Å². The van der Waals surface area contributed by atoms with Crippen LogP contribution >= 0.6 is 15.9 Å². The van der Waals surface area contributed by atoms with Gasteiger partial charge >= 0.3 is 11.8 Å². The summed E-state index contributed by atoms with van der Waals surface area (Å²) < 4.78 is 11.5. The van der Waals surface area contributed by atoms with E-state index in [2.05, 4.69) is 31.4 Å². The predicted octanol–water partition coefficient (Wildman–Crippen LogP) is 4.07. The number of nitrogens with one attached hydrogen (secondary N) is 1. The fourth-order valence-corrected chi connectivity index (χ4v) is 2.42. The van der Waals surface area contributed by atoms with Gasteiger partial charge in [-0.1, -0.05) is 28.1 Å². The second kappa shape index (κ2) is 6.84. The molecule has 24 heavy (non-hydrogen) atoms. The SMILES string of the molecule is COc1cccc(-c2nnc(C(=O)Nc3ccc(C)c(Br)c3)o2)c1. The van der Waals surface area contributed by atoms with Crippen LogP contribution < -0.4 is 10.1 Å². The fourth-order valence-electron chi connectivity index (χ4n) is 2.04. The summed E-state index contributed by atoms with van der Waals surface area (Å²) in [6.07, 6.45) is 0. The molecule has 3 aromatic rings. The van der Waals surface area contributed by atoms with E-state index in [1.54, 1.807) is 25.3 Å². The van der Waals surface area contributed by atoms with E-state index in [1.165, 1.54) is 0 Å². The van der Waals surface area contributed by atoms with Crippen LogP contribution in [0.25, 0.3) is 11.5 Å². The number of hydrogen-bond donors (Lipinski definition) is 1. The van der Waals surface area contributed by atoms with Crippen molar-refractivity contribution in [1.82, 2.24) is 10.2 Å². The molecule has 0 spiro atoms. The van der Waals surface area contributed by atoms with Crippen LogP contribution in [0.15, 0.2) is 51.4 Å². The van der Waals surface area contributed by atoms with Gasteiger partial charge in [-0.2, -0.15) is 0 Å². The van der Waals surface area contributed by atoms with E-state index < -0.39 is 5.91 Å². The Kier molecular flexibility index (Phi) is 4.61. The Labute approximate surface area is 147 Å². The Balaban J connectivity index is 1.79. The van der Waals surface area contributed by atoms with Crippen molar-refractivity contribution in [3.05, 3.63) is 58.4 Å². The van der Waals surface area contributed by atoms with Crippen LogP contribution in [0.3, 0.4) is 0 Å². The third kappa shape index (κ3) is 3.46. The van der Waals surface area contributed by atoms with Gasteiger partial charge in [0.2, 0.25) is 5.89 Å². The summed E-state index contributed by atoms with van der Waals surface area (Å²) in [6.45, 7) is 1.97. The lowest BCUT2D eigenvalue weighted by atomic mass is 10.2. The Morgan fingerprint density at radius 3 is 2.79 bits per heavy atom. The summed E-state index contributed by atoms with van der Waals surface area (Å²) in [5.74, 6) is 0.349. The number of carbonyl (C=O) groups is 1. The summed E-state index contributed by atoms with van der Waals surface area (Å²) in [7, 11) is 1.57. The van der Waals surface area contributed by atoms with Gasteiger partial charge in [0, 0.05) is 15.7 Å². The number of nitrogens with zero attached hydrogens (tertiary/aromatic N) is 2. The molecule has 1 amide bonds. The van der Waals surface area contributed by atoms with Crippen molar-refractivity contribution >= 4 is 27.5 Å². The number of rotatable bonds is 4. The molecule has 7 heteroatoms. The summed E-state index contributed by atoms with van der Waals surface area (Å²) in [5.41, 5.74) is 2.39. The molecule has 1 aromatic heterocycles.